The van der Waals surface area contributed by atoms with Gasteiger partial charge in [0.25, 0.3) is 5.91 Å². The third-order valence-corrected chi connectivity index (χ3v) is 7.35. The second-order valence-electron chi connectivity index (χ2n) is 7.79. The highest BCUT2D eigenvalue weighted by atomic mass is 32.2. The molecule has 2 aliphatic heterocycles. The van der Waals surface area contributed by atoms with Crippen LogP contribution in [0.2, 0.25) is 0 Å². The van der Waals surface area contributed by atoms with Gasteiger partial charge in [-0.25, -0.2) is 8.42 Å². The van der Waals surface area contributed by atoms with Gasteiger partial charge in [-0.15, -0.1) is 0 Å². The standard InChI is InChI=1S/C22H24N4O5S/c27-20(11-10-19-22(29)24-18-9-2-1-8-17(18)21(28)25-19)23-15-6-5-7-16(14-15)26-12-3-4-13-32(26,30)31/h1-2,5-9,14,19H,3-4,10-13H2,(H,23,27)(H,24,29)(H,25,28). The largest absolute Gasteiger partial charge is 0.340 e. The zero-order valence-corrected chi connectivity index (χ0v) is 18.2. The molecule has 10 heteroatoms. The molecule has 3 N–H and O–H groups in total. The summed E-state index contributed by atoms with van der Waals surface area (Å²) in [6.07, 6.45) is 1.55. The van der Waals surface area contributed by atoms with Gasteiger partial charge in [-0.1, -0.05) is 18.2 Å². The molecule has 1 saturated heterocycles. The third-order valence-electron chi connectivity index (χ3n) is 5.48. The second-order valence-corrected chi connectivity index (χ2v) is 9.81. The lowest BCUT2D eigenvalue weighted by Crippen LogP contribution is -2.41. The number of benzene rings is 2. The van der Waals surface area contributed by atoms with Crippen LogP contribution in [0.25, 0.3) is 0 Å². The summed E-state index contributed by atoms with van der Waals surface area (Å²) in [5.41, 5.74) is 1.79. The molecule has 0 saturated carbocycles. The molecule has 0 radical (unpaired) electrons. The van der Waals surface area contributed by atoms with Crippen molar-refractivity contribution in [2.75, 3.05) is 27.2 Å². The van der Waals surface area contributed by atoms with Crippen LogP contribution in [0.4, 0.5) is 17.1 Å². The molecule has 2 heterocycles. The number of carbonyl (C=O) groups is 3. The summed E-state index contributed by atoms with van der Waals surface area (Å²) in [6, 6.07) is 12.5. The van der Waals surface area contributed by atoms with Crippen molar-refractivity contribution in [3.63, 3.8) is 0 Å². The van der Waals surface area contributed by atoms with Crippen molar-refractivity contribution in [3.05, 3.63) is 54.1 Å². The average Bonchev–Trinajstić information content (AvgIpc) is 2.88. The maximum Gasteiger partial charge on any atom is 0.254 e. The van der Waals surface area contributed by atoms with Gasteiger partial charge in [-0.2, -0.15) is 0 Å². The molecule has 0 bridgehead atoms. The molecular formula is C22H24N4O5S. The number of sulfonamides is 1. The van der Waals surface area contributed by atoms with Crippen LogP contribution < -0.4 is 20.3 Å². The van der Waals surface area contributed by atoms with Gasteiger partial charge in [0.05, 0.1) is 22.7 Å². The van der Waals surface area contributed by atoms with E-state index in [-0.39, 0.29) is 36.3 Å². The van der Waals surface area contributed by atoms with Crippen LogP contribution in [0, 0.1) is 0 Å². The Morgan fingerprint density at radius 2 is 1.91 bits per heavy atom. The SMILES string of the molecule is O=C(CCC1NC(=O)c2ccccc2NC1=O)Nc1cccc(N2CCCCS2(=O)=O)c1. The topological polar surface area (TPSA) is 125 Å². The molecule has 3 amide bonds. The van der Waals surface area contributed by atoms with Gasteiger partial charge in [0.15, 0.2) is 0 Å². The number of carbonyl (C=O) groups excluding carboxylic acids is 3. The first kappa shape index (κ1) is 21.8. The Labute approximate surface area is 186 Å². The summed E-state index contributed by atoms with van der Waals surface area (Å²) in [7, 11) is -3.35. The van der Waals surface area contributed by atoms with Crippen molar-refractivity contribution in [2.45, 2.75) is 31.7 Å². The predicted molar refractivity (Wildman–Crippen MR) is 121 cm³/mol. The summed E-state index contributed by atoms with van der Waals surface area (Å²) in [6.45, 7) is 0.415. The Bertz CT molecular complexity index is 1160. The summed E-state index contributed by atoms with van der Waals surface area (Å²) >= 11 is 0. The Kier molecular flexibility index (Phi) is 6.13. The van der Waals surface area contributed by atoms with E-state index in [4.69, 9.17) is 0 Å². The Hall–Kier alpha value is -3.40. The van der Waals surface area contributed by atoms with E-state index in [2.05, 4.69) is 16.0 Å². The number of nitrogens with one attached hydrogen (secondary N) is 3. The fourth-order valence-electron chi connectivity index (χ4n) is 3.83. The van der Waals surface area contributed by atoms with Gasteiger partial charge >= 0.3 is 0 Å². The zero-order valence-electron chi connectivity index (χ0n) is 17.3. The average molecular weight is 457 g/mol. The van der Waals surface area contributed by atoms with Crippen molar-refractivity contribution in [1.82, 2.24) is 5.32 Å². The van der Waals surface area contributed by atoms with Crippen molar-refractivity contribution >= 4 is 44.8 Å². The normalized spacial score (nSPS) is 19.9. The van der Waals surface area contributed by atoms with Gasteiger partial charge in [0, 0.05) is 18.7 Å². The maximum atomic E-state index is 12.5. The van der Waals surface area contributed by atoms with Crippen molar-refractivity contribution in [1.29, 1.82) is 0 Å². The molecule has 0 aliphatic carbocycles. The fourth-order valence-corrected chi connectivity index (χ4v) is 5.46. The van der Waals surface area contributed by atoms with Crippen LogP contribution in [0.15, 0.2) is 48.5 Å². The minimum atomic E-state index is -3.35. The summed E-state index contributed by atoms with van der Waals surface area (Å²) in [5.74, 6) is -0.983. The lowest BCUT2D eigenvalue weighted by molar-refractivity contribution is -0.118. The van der Waals surface area contributed by atoms with Gasteiger partial charge in [-0.05, 0) is 49.6 Å². The molecular weight excluding hydrogens is 432 g/mol. The highest BCUT2D eigenvalue weighted by molar-refractivity contribution is 7.92. The number of anilines is 3. The van der Waals surface area contributed by atoms with E-state index in [1.54, 1.807) is 48.5 Å². The highest BCUT2D eigenvalue weighted by Crippen LogP contribution is 2.26. The van der Waals surface area contributed by atoms with Crippen molar-refractivity contribution in [3.8, 4) is 0 Å². The van der Waals surface area contributed by atoms with E-state index in [9.17, 15) is 22.8 Å². The lowest BCUT2D eigenvalue weighted by Gasteiger charge is -2.28. The first-order valence-corrected chi connectivity index (χ1v) is 12.1. The molecule has 2 aromatic rings. The number of nitrogens with zero attached hydrogens (tertiary/aromatic N) is 1. The molecule has 2 aliphatic rings. The van der Waals surface area contributed by atoms with E-state index < -0.39 is 16.1 Å². The molecule has 168 valence electrons. The molecule has 32 heavy (non-hydrogen) atoms. The van der Waals surface area contributed by atoms with Crippen molar-refractivity contribution in [2.24, 2.45) is 0 Å². The number of amides is 3. The number of rotatable bonds is 5. The van der Waals surface area contributed by atoms with Gasteiger partial charge in [-0.3, -0.25) is 18.7 Å². The molecule has 4 rings (SSSR count). The minimum Gasteiger partial charge on any atom is -0.340 e. The molecule has 0 spiro atoms. The van der Waals surface area contributed by atoms with E-state index in [0.717, 1.165) is 6.42 Å². The lowest BCUT2D eigenvalue weighted by atomic mass is 10.1. The van der Waals surface area contributed by atoms with Gasteiger partial charge in [0.1, 0.15) is 6.04 Å². The Morgan fingerprint density at radius 3 is 2.72 bits per heavy atom. The van der Waals surface area contributed by atoms with Crippen molar-refractivity contribution < 1.29 is 22.8 Å². The Morgan fingerprint density at radius 1 is 1.09 bits per heavy atom. The number of para-hydroxylation sites is 1. The molecule has 1 fully saturated rings. The van der Waals surface area contributed by atoms with Crippen LogP contribution in [0.3, 0.4) is 0 Å². The number of fused-ring (bicyclic) bond motifs is 1. The Balaban J connectivity index is 1.37. The monoisotopic (exact) mass is 456 g/mol. The summed E-state index contributed by atoms with van der Waals surface area (Å²) < 4.78 is 26.0. The van der Waals surface area contributed by atoms with Crippen LogP contribution in [-0.4, -0.2) is 44.5 Å². The second kappa shape index (κ2) is 8.99. The molecule has 1 atom stereocenters. The van der Waals surface area contributed by atoms with E-state index in [0.29, 0.717) is 35.6 Å². The van der Waals surface area contributed by atoms with E-state index in [1.807, 2.05) is 0 Å². The highest BCUT2D eigenvalue weighted by Gasteiger charge is 2.28. The molecule has 1 unspecified atom stereocenters. The van der Waals surface area contributed by atoms with Crippen LogP contribution >= 0.6 is 0 Å². The number of hydrogen-bond acceptors (Lipinski definition) is 5. The smallest absolute Gasteiger partial charge is 0.254 e. The molecule has 2 aromatic carbocycles. The van der Waals surface area contributed by atoms with Crippen LogP contribution in [-0.2, 0) is 19.6 Å². The van der Waals surface area contributed by atoms with E-state index in [1.165, 1.54) is 4.31 Å². The maximum absolute atomic E-state index is 12.5. The molecule has 0 aromatic heterocycles. The quantitative estimate of drug-likeness (QED) is 0.635. The number of hydrogen-bond donors (Lipinski definition) is 3. The summed E-state index contributed by atoms with van der Waals surface area (Å²) in [5, 5.41) is 8.11. The zero-order chi connectivity index (χ0) is 22.7. The van der Waals surface area contributed by atoms with Crippen LogP contribution in [0.1, 0.15) is 36.0 Å². The molecule has 9 nitrogen and oxygen atoms in total. The minimum absolute atomic E-state index is 0.000945. The van der Waals surface area contributed by atoms with Gasteiger partial charge in [0.2, 0.25) is 21.8 Å². The summed E-state index contributed by atoms with van der Waals surface area (Å²) in [4.78, 5) is 37.3. The first-order valence-electron chi connectivity index (χ1n) is 10.4. The van der Waals surface area contributed by atoms with E-state index >= 15 is 0 Å². The van der Waals surface area contributed by atoms with Gasteiger partial charge < -0.3 is 16.0 Å². The predicted octanol–water partition coefficient (Wildman–Crippen LogP) is 2.09. The first-order chi connectivity index (χ1) is 15.3. The van der Waals surface area contributed by atoms with Crippen LogP contribution in [0.5, 0.6) is 0 Å². The third kappa shape index (κ3) is 4.75. The fraction of sp³-hybridized carbons (Fsp3) is 0.318.